The van der Waals surface area contributed by atoms with E-state index >= 15 is 0 Å². The van der Waals surface area contributed by atoms with Crippen LogP contribution >= 0.6 is 28.1 Å². The normalized spacial score (nSPS) is 14.7. The zero-order valence-electron chi connectivity index (χ0n) is 7.71. The van der Waals surface area contributed by atoms with Crippen molar-refractivity contribution in [3.63, 3.8) is 0 Å². The Morgan fingerprint density at radius 3 is 2.57 bits per heavy atom. The molecule has 1 nitrogen and oxygen atoms in total. The van der Waals surface area contributed by atoms with Crippen molar-refractivity contribution in [2.45, 2.75) is 11.8 Å². The molecule has 0 bridgehead atoms. The predicted molar refractivity (Wildman–Crippen MR) is 71.1 cm³/mol. The molecule has 0 heterocycles. The Labute approximate surface area is 98.6 Å². The quantitative estimate of drug-likeness (QED) is 0.660. The molecule has 0 N–H and O–H groups in total. The summed E-state index contributed by atoms with van der Waals surface area (Å²) in [6, 6.07) is 9.85. The molecule has 1 aromatic rings. The summed E-state index contributed by atoms with van der Waals surface area (Å²) in [5, 5.41) is 0. The van der Waals surface area contributed by atoms with Crippen LogP contribution in [0.1, 0.15) is 6.92 Å². The minimum absolute atomic E-state index is 0.117. The van der Waals surface area contributed by atoms with E-state index in [0.29, 0.717) is 6.16 Å². The van der Waals surface area contributed by atoms with Crippen LogP contribution in [0, 0.1) is 0 Å². The van der Waals surface area contributed by atoms with Crippen LogP contribution in [0.5, 0.6) is 0 Å². The van der Waals surface area contributed by atoms with Crippen molar-refractivity contribution in [3.05, 3.63) is 30.3 Å². The van der Waals surface area contributed by atoms with Crippen molar-refractivity contribution in [3.8, 4) is 0 Å². The van der Waals surface area contributed by atoms with Gasteiger partial charge in [0.05, 0.1) is 10.6 Å². The lowest BCUT2D eigenvalue weighted by atomic mass is 10.4. The predicted octanol–water partition coefficient (Wildman–Crippen LogP) is 3.61. The van der Waals surface area contributed by atoms with Gasteiger partial charge in [-0.05, 0) is 19.1 Å². The molecule has 0 aliphatic heterocycles. The van der Waals surface area contributed by atoms with Gasteiger partial charge in [-0.15, -0.1) is 12.2 Å². The van der Waals surface area contributed by atoms with Crippen LogP contribution in [0.4, 0.5) is 0 Å². The second-order valence-electron chi connectivity index (χ2n) is 2.90. The number of benzene rings is 1. The van der Waals surface area contributed by atoms with E-state index in [4.69, 9.17) is 11.8 Å². The van der Waals surface area contributed by atoms with E-state index in [0.717, 1.165) is 4.90 Å². The maximum Gasteiger partial charge on any atom is 0.136 e. The zero-order chi connectivity index (χ0) is 10.6. The van der Waals surface area contributed by atoms with Crippen LogP contribution in [0.3, 0.4) is 0 Å². The number of ketones is 1. The van der Waals surface area contributed by atoms with Crippen LogP contribution in [0.15, 0.2) is 35.2 Å². The topological polar surface area (TPSA) is 17.1 Å². The Morgan fingerprint density at radius 1 is 1.50 bits per heavy atom. The molecular weight excluding hydrogens is 251 g/mol. The van der Waals surface area contributed by atoms with Crippen molar-refractivity contribution in [2.24, 2.45) is 0 Å². The molecular formula is C9H11OPS3. The first-order valence-electron chi connectivity index (χ1n) is 4.05. The van der Waals surface area contributed by atoms with Gasteiger partial charge in [-0.25, -0.2) is 0 Å². The molecule has 14 heavy (non-hydrogen) atoms. The SMILES string of the molecule is CC(=O)CP(=S)(S)Sc1ccccc1. The number of carbonyl (C=O) groups is 1. The van der Waals surface area contributed by atoms with Gasteiger partial charge >= 0.3 is 0 Å². The Kier molecular flexibility index (Phi) is 4.71. The third-order valence-corrected chi connectivity index (χ3v) is 7.12. The van der Waals surface area contributed by atoms with Crippen molar-refractivity contribution in [2.75, 3.05) is 6.16 Å². The number of rotatable bonds is 4. The fraction of sp³-hybridized carbons (Fsp3) is 0.222. The summed E-state index contributed by atoms with van der Waals surface area (Å²) >= 11 is 11.3. The third kappa shape index (κ3) is 4.65. The molecule has 1 atom stereocenters. The second-order valence-corrected chi connectivity index (χ2v) is 13.8. The first kappa shape index (κ1) is 12.3. The first-order valence-corrected chi connectivity index (χ1v) is 9.62. The summed E-state index contributed by atoms with van der Waals surface area (Å²) in [6.45, 7) is 1.56. The van der Waals surface area contributed by atoms with Gasteiger partial charge in [0.1, 0.15) is 5.78 Å². The number of thiol groups is 1. The summed E-state index contributed by atoms with van der Waals surface area (Å²) < 4.78 is -1.88. The second kappa shape index (κ2) is 5.36. The van der Waals surface area contributed by atoms with E-state index in [9.17, 15) is 4.79 Å². The van der Waals surface area contributed by atoms with Gasteiger partial charge in [0.15, 0.2) is 0 Å². The lowest BCUT2D eigenvalue weighted by Gasteiger charge is -2.12. The van der Waals surface area contributed by atoms with E-state index in [1.807, 2.05) is 30.3 Å². The van der Waals surface area contributed by atoms with E-state index in [2.05, 4.69) is 12.2 Å². The Hall–Kier alpha value is 0.240. The minimum atomic E-state index is -1.88. The first-order chi connectivity index (χ1) is 6.49. The van der Waals surface area contributed by atoms with Crippen LogP contribution in [0.25, 0.3) is 0 Å². The molecule has 5 heteroatoms. The molecule has 1 rings (SSSR count). The van der Waals surface area contributed by atoms with Crippen molar-refractivity contribution < 1.29 is 4.79 Å². The van der Waals surface area contributed by atoms with Crippen molar-refractivity contribution in [1.82, 2.24) is 0 Å². The monoisotopic (exact) mass is 262 g/mol. The van der Waals surface area contributed by atoms with Gasteiger partial charge in [0.25, 0.3) is 0 Å². The smallest absolute Gasteiger partial charge is 0.136 e. The van der Waals surface area contributed by atoms with Crippen LogP contribution in [-0.4, -0.2) is 11.9 Å². The molecule has 1 unspecified atom stereocenters. The van der Waals surface area contributed by atoms with Crippen molar-refractivity contribution in [1.29, 1.82) is 0 Å². The lowest BCUT2D eigenvalue weighted by Crippen LogP contribution is -1.94. The van der Waals surface area contributed by atoms with Gasteiger partial charge in [-0.1, -0.05) is 41.4 Å². The fourth-order valence-corrected chi connectivity index (χ4v) is 7.05. The largest absolute Gasteiger partial charge is 0.300 e. The minimum Gasteiger partial charge on any atom is -0.300 e. The van der Waals surface area contributed by atoms with Gasteiger partial charge in [-0.2, -0.15) is 0 Å². The Balaban J connectivity index is 2.69. The van der Waals surface area contributed by atoms with E-state index < -0.39 is 4.44 Å². The molecule has 0 spiro atoms. The highest BCUT2D eigenvalue weighted by Gasteiger charge is 2.15. The number of hydrogen-bond acceptors (Lipinski definition) is 3. The number of carbonyl (C=O) groups excluding carboxylic acids is 1. The van der Waals surface area contributed by atoms with E-state index in [1.165, 1.54) is 0 Å². The molecule has 76 valence electrons. The van der Waals surface area contributed by atoms with Gasteiger partial charge in [0, 0.05) is 4.90 Å². The standard InChI is InChI=1S/C9H11OPS3/c1-8(10)7-11(12,13)14-9-5-3-2-4-6-9/h2-6H,7H2,1H3,(H,12,13). The molecule has 0 aliphatic rings. The average molecular weight is 262 g/mol. The third-order valence-electron chi connectivity index (χ3n) is 1.41. The molecule has 0 saturated carbocycles. The number of Topliss-reactive ketones (excluding diaryl/α,β-unsaturated/α-hetero) is 1. The molecule has 0 aromatic heterocycles. The maximum atomic E-state index is 10.9. The Bertz CT molecular complexity index is 364. The highest BCUT2D eigenvalue weighted by molar-refractivity contribution is 8.96. The summed E-state index contributed by atoms with van der Waals surface area (Å²) in [4.78, 5) is 12.0. The van der Waals surface area contributed by atoms with Gasteiger partial charge in [-0.3, -0.25) is 4.79 Å². The average Bonchev–Trinajstić information content (AvgIpc) is 2.02. The molecule has 0 saturated heterocycles. The van der Waals surface area contributed by atoms with Crippen LogP contribution in [0.2, 0.25) is 0 Å². The summed E-state index contributed by atoms with van der Waals surface area (Å²) in [5.41, 5.74) is 0. The van der Waals surface area contributed by atoms with E-state index in [1.54, 1.807) is 18.3 Å². The molecule has 1 aromatic carbocycles. The zero-order valence-corrected chi connectivity index (χ0v) is 11.1. The molecule has 0 amide bonds. The summed E-state index contributed by atoms with van der Waals surface area (Å²) in [5.74, 6) is 0.117. The molecule has 0 radical (unpaired) electrons. The van der Waals surface area contributed by atoms with Gasteiger partial charge < -0.3 is 0 Å². The van der Waals surface area contributed by atoms with E-state index in [-0.39, 0.29) is 5.78 Å². The lowest BCUT2D eigenvalue weighted by molar-refractivity contribution is -0.114. The maximum absolute atomic E-state index is 10.9. The highest BCUT2D eigenvalue weighted by atomic mass is 33.2. The summed E-state index contributed by atoms with van der Waals surface area (Å²) in [7, 11) is 0. The molecule has 0 fully saturated rings. The van der Waals surface area contributed by atoms with Crippen LogP contribution < -0.4 is 0 Å². The highest BCUT2D eigenvalue weighted by Crippen LogP contribution is 2.65. The Morgan fingerprint density at radius 2 is 2.07 bits per heavy atom. The van der Waals surface area contributed by atoms with Crippen molar-refractivity contribution >= 4 is 45.7 Å². The molecule has 0 aliphatic carbocycles. The van der Waals surface area contributed by atoms with Gasteiger partial charge in [0.2, 0.25) is 0 Å². The van der Waals surface area contributed by atoms with Crippen LogP contribution in [-0.2, 0) is 16.6 Å². The fourth-order valence-electron chi connectivity index (χ4n) is 0.960. The summed E-state index contributed by atoms with van der Waals surface area (Å²) in [6.07, 6.45) is 0.408. The number of hydrogen-bond donors (Lipinski definition) is 1.